The fourth-order valence-corrected chi connectivity index (χ4v) is 1.66. The zero-order valence-corrected chi connectivity index (χ0v) is 11.2. The molecule has 1 amide bonds. The van der Waals surface area contributed by atoms with E-state index in [2.05, 4.69) is 19.2 Å². The van der Waals surface area contributed by atoms with E-state index < -0.39 is 0 Å². The summed E-state index contributed by atoms with van der Waals surface area (Å²) in [5.74, 6) is 0.625. The molecule has 0 fully saturated rings. The molecule has 1 aromatic carbocycles. The lowest BCUT2D eigenvalue weighted by molar-refractivity contribution is 0.0936. The number of carbonyl (C=O) groups is 1. The van der Waals surface area contributed by atoms with Crippen molar-refractivity contribution in [2.45, 2.75) is 33.2 Å². The molecule has 0 saturated heterocycles. The summed E-state index contributed by atoms with van der Waals surface area (Å²) in [5, 5.41) is 2.99. The van der Waals surface area contributed by atoms with Crippen molar-refractivity contribution < 1.29 is 4.79 Å². The van der Waals surface area contributed by atoms with E-state index >= 15 is 0 Å². The molecule has 1 aromatic rings. The van der Waals surface area contributed by atoms with E-state index in [1.165, 1.54) is 0 Å². The van der Waals surface area contributed by atoms with Gasteiger partial charge >= 0.3 is 0 Å². The molecule has 2 nitrogen and oxygen atoms in total. The molecule has 0 aromatic heterocycles. The van der Waals surface area contributed by atoms with Crippen LogP contribution in [0.15, 0.2) is 30.3 Å². The molecule has 1 atom stereocenters. The quantitative estimate of drug-likeness (QED) is 0.860. The number of carbonyl (C=O) groups excluding carboxylic acids is 1. The van der Waals surface area contributed by atoms with Gasteiger partial charge in [0.15, 0.2) is 0 Å². The Bertz CT molecular complexity index is 311. The molecule has 0 aliphatic carbocycles. The molecule has 90 valence electrons. The van der Waals surface area contributed by atoms with Gasteiger partial charge in [-0.05, 0) is 31.4 Å². The van der Waals surface area contributed by atoms with Crippen molar-refractivity contribution in [3.8, 4) is 0 Å². The average molecular weight is 239 g/mol. The predicted molar refractivity (Wildman–Crippen MR) is 73.2 cm³/mol. The number of nitrogens with one attached hydrogen (secondary N) is 1. The Labute approximate surface area is 105 Å². The zero-order valence-electron chi connectivity index (χ0n) is 10.2. The highest BCUT2D eigenvalue weighted by molar-refractivity contribution is 7.59. The Balaban J connectivity index is 0.00000225. The van der Waals surface area contributed by atoms with Crippen molar-refractivity contribution in [3.63, 3.8) is 0 Å². The minimum atomic E-state index is 0. The summed E-state index contributed by atoms with van der Waals surface area (Å²) in [6.45, 7) is 6.36. The first kappa shape index (κ1) is 15.0. The van der Waals surface area contributed by atoms with Crippen molar-refractivity contribution >= 4 is 19.4 Å². The molecule has 0 radical (unpaired) electrons. The standard InChI is InChI=1S/C13H19NO.H2S/c1-10(2)9-11(3)14-13(15)12-7-5-4-6-8-12;/h4-8,10-11H,9H2,1-3H3,(H,14,15);1H2/t11-;/m0./s1. The van der Waals surface area contributed by atoms with Crippen LogP contribution in [-0.2, 0) is 0 Å². The molecule has 3 heteroatoms. The number of amides is 1. The zero-order chi connectivity index (χ0) is 11.3. The number of benzene rings is 1. The normalized spacial score (nSPS) is 11.8. The molecule has 0 aliphatic heterocycles. The highest BCUT2D eigenvalue weighted by Gasteiger charge is 2.09. The van der Waals surface area contributed by atoms with Crippen LogP contribution in [0.2, 0.25) is 0 Å². The molecule has 16 heavy (non-hydrogen) atoms. The van der Waals surface area contributed by atoms with Crippen LogP contribution in [0.4, 0.5) is 0 Å². The Hall–Kier alpha value is -0.960. The Morgan fingerprint density at radius 3 is 2.25 bits per heavy atom. The minimum Gasteiger partial charge on any atom is -0.350 e. The first-order valence-corrected chi connectivity index (χ1v) is 5.45. The van der Waals surface area contributed by atoms with Crippen LogP contribution in [0.25, 0.3) is 0 Å². The third-order valence-electron chi connectivity index (χ3n) is 2.24. The maximum atomic E-state index is 11.7. The number of hydrogen-bond acceptors (Lipinski definition) is 1. The molecular formula is C13H21NOS. The summed E-state index contributed by atoms with van der Waals surface area (Å²) in [6.07, 6.45) is 1.01. The van der Waals surface area contributed by atoms with E-state index in [0.717, 1.165) is 12.0 Å². The smallest absolute Gasteiger partial charge is 0.251 e. The van der Waals surface area contributed by atoms with Crippen LogP contribution in [0.1, 0.15) is 37.6 Å². The average Bonchev–Trinajstić information content (AvgIpc) is 2.17. The molecule has 0 spiro atoms. The first-order chi connectivity index (χ1) is 7.09. The van der Waals surface area contributed by atoms with Crippen molar-refractivity contribution in [2.24, 2.45) is 5.92 Å². The second-order valence-electron chi connectivity index (χ2n) is 4.37. The summed E-state index contributed by atoms with van der Waals surface area (Å²) < 4.78 is 0. The highest BCUT2D eigenvalue weighted by atomic mass is 32.1. The predicted octanol–water partition coefficient (Wildman–Crippen LogP) is 2.96. The third kappa shape index (κ3) is 5.21. The van der Waals surface area contributed by atoms with E-state index in [-0.39, 0.29) is 25.4 Å². The first-order valence-electron chi connectivity index (χ1n) is 5.45. The highest BCUT2D eigenvalue weighted by Crippen LogP contribution is 2.05. The molecule has 0 bridgehead atoms. The van der Waals surface area contributed by atoms with Gasteiger partial charge in [0.05, 0.1) is 0 Å². The van der Waals surface area contributed by atoms with Gasteiger partial charge in [0, 0.05) is 11.6 Å². The van der Waals surface area contributed by atoms with E-state index in [0.29, 0.717) is 5.92 Å². The summed E-state index contributed by atoms with van der Waals surface area (Å²) in [7, 11) is 0. The van der Waals surface area contributed by atoms with Crippen molar-refractivity contribution in [2.75, 3.05) is 0 Å². The van der Waals surface area contributed by atoms with E-state index in [4.69, 9.17) is 0 Å². The van der Waals surface area contributed by atoms with Gasteiger partial charge in [0.25, 0.3) is 5.91 Å². The lowest BCUT2D eigenvalue weighted by Gasteiger charge is -2.15. The van der Waals surface area contributed by atoms with Gasteiger partial charge in [-0.1, -0.05) is 32.0 Å². The lowest BCUT2D eigenvalue weighted by Crippen LogP contribution is -2.33. The molecule has 1 N–H and O–H groups in total. The summed E-state index contributed by atoms with van der Waals surface area (Å²) >= 11 is 0. The van der Waals surface area contributed by atoms with Crippen LogP contribution in [0, 0.1) is 5.92 Å². The van der Waals surface area contributed by atoms with Crippen molar-refractivity contribution in [1.29, 1.82) is 0 Å². The molecule has 0 saturated carbocycles. The van der Waals surface area contributed by atoms with E-state index in [9.17, 15) is 4.79 Å². The summed E-state index contributed by atoms with van der Waals surface area (Å²) in [4.78, 5) is 11.7. The molecule has 0 heterocycles. The van der Waals surface area contributed by atoms with Gasteiger partial charge in [-0.25, -0.2) is 0 Å². The number of rotatable bonds is 4. The molecule has 1 rings (SSSR count). The van der Waals surface area contributed by atoms with Crippen LogP contribution in [0.5, 0.6) is 0 Å². The van der Waals surface area contributed by atoms with Gasteiger partial charge in [-0.15, -0.1) is 0 Å². The van der Waals surface area contributed by atoms with E-state index in [1.54, 1.807) is 0 Å². The van der Waals surface area contributed by atoms with Gasteiger partial charge in [-0.2, -0.15) is 13.5 Å². The maximum absolute atomic E-state index is 11.7. The molecular weight excluding hydrogens is 218 g/mol. The Morgan fingerprint density at radius 2 is 1.75 bits per heavy atom. The van der Waals surface area contributed by atoms with Gasteiger partial charge < -0.3 is 5.32 Å². The minimum absolute atomic E-state index is 0. The van der Waals surface area contributed by atoms with Gasteiger partial charge in [0.2, 0.25) is 0 Å². The topological polar surface area (TPSA) is 29.1 Å². The van der Waals surface area contributed by atoms with Crippen LogP contribution in [0.3, 0.4) is 0 Å². The van der Waals surface area contributed by atoms with Crippen LogP contribution < -0.4 is 5.32 Å². The van der Waals surface area contributed by atoms with Crippen LogP contribution in [-0.4, -0.2) is 11.9 Å². The third-order valence-corrected chi connectivity index (χ3v) is 2.24. The van der Waals surface area contributed by atoms with Crippen LogP contribution >= 0.6 is 13.5 Å². The largest absolute Gasteiger partial charge is 0.350 e. The number of hydrogen-bond donors (Lipinski definition) is 1. The monoisotopic (exact) mass is 239 g/mol. The SMILES string of the molecule is CC(C)C[C@H](C)NC(=O)c1ccccc1.S. The van der Waals surface area contributed by atoms with Crippen molar-refractivity contribution in [1.82, 2.24) is 5.32 Å². The fourth-order valence-electron chi connectivity index (χ4n) is 1.66. The van der Waals surface area contributed by atoms with Crippen molar-refractivity contribution in [3.05, 3.63) is 35.9 Å². The summed E-state index contributed by atoms with van der Waals surface area (Å²) in [6, 6.07) is 9.56. The molecule has 0 aliphatic rings. The Kier molecular flexibility index (Phi) is 6.90. The summed E-state index contributed by atoms with van der Waals surface area (Å²) in [5.41, 5.74) is 0.730. The van der Waals surface area contributed by atoms with E-state index in [1.807, 2.05) is 37.3 Å². The fraction of sp³-hybridized carbons (Fsp3) is 0.462. The second kappa shape index (κ2) is 7.34. The molecule has 0 unspecified atom stereocenters. The second-order valence-corrected chi connectivity index (χ2v) is 4.37. The maximum Gasteiger partial charge on any atom is 0.251 e. The Morgan fingerprint density at radius 1 is 1.19 bits per heavy atom. The van der Waals surface area contributed by atoms with Gasteiger partial charge in [0.1, 0.15) is 0 Å². The van der Waals surface area contributed by atoms with Gasteiger partial charge in [-0.3, -0.25) is 4.79 Å². The lowest BCUT2D eigenvalue weighted by atomic mass is 10.0.